The molecule has 2 N–H and O–H groups in total. The smallest absolute Gasteiger partial charge is 0.191 e. The highest BCUT2D eigenvalue weighted by molar-refractivity contribution is 14.0. The third kappa shape index (κ3) is 8.31. The van der Waals surface area contributed by atoms with Crippen LogP contribution < -0.4 is 20.1 Å². The molecule has 1 aromatic rings. The van der Waals surface area contributed by atoms with Crippen LogP contribution in [0.4, 0.5) is 0 Å². The minimum absolute atomic E-state index is 0. The largest absolute Gasteiger partial charge is 0.497 e. The molecule has 1 aromatic carbocycles. The second-order valence-electron chi connectivity index (χ2n) is 8.55. The maximum Gasteiger partial charge on any atom is 0.191 e. The zero-order chi connectivity index (χ0) is 21.3. The van der Waals surface area contributed by atoms with Gasteiger partial charge in [-0.25, -0.2) is 0 Å². The van der Waals surface area contributed by atoms with Crippen molar-refractivity contribution in [2.45, 2.75) is 38.8 Å². The molecule has 2 fully saturated rings. The molecule has 0 bridgehead atoms. The van der Waals surface area contributed by atoms with Gasteiger partial charge in [-0.1, -0.05) is 0 Å². The summed E-state index contributed by atoms with van der Waals surface area (Å²) in [5, 5.41) is 7.09. The van der Waals surface area contributed by atoms with Crippen LogP contribution in [0.25, 0.3) is 0 Å². The van der Waals surface area contributed by atoms with Gasteiger partial charge in [-0.05, 0) is 69.9 Å². The molecule has 2 aliphatic rings. The van der Waals surface area contributed by atoms with E-state index in [2.05, 4.69) is 46.5 Å². The Morgan fingerprint density at radius 2 is 1.74 bits per heavy atom. The van der Waals surface area contributed by atoms with Crippen molar-refractivity contribution in [1.82, 2.24) is 20.4 Å². The third-order valence-electron chi connectivity index (χ3n) is 6.12. The molecule has 31 heavy (non-hydrogen) atoms. The highest BCUT2D eigenvalue weighted by Crippen LogP contribution is 2.24. The number of hydrogen-bond acceptors (Lipinski definition) is 5. The lowest BCUT2D eigenvalue weighted by Gasteiger charge is -2.28. The topological polar surface area (TPSA) is 61.4 Å². The van der Waals surface area contributed by atoms with Gasteiger partial charge < -0.3 is 25.0 Å². The number of ether oxygens (including phenoxy) is 2. The molecule has 0 aliphatic carbocycles. The van der Waals surface area contributed by atoms with E-state index in [-0.39, 0.29) is 24.0 Å². The van der Waals surface area contributed by atoms with E-state index in [0.29, 0.717) is 12.0 Å². The maximum absolute atomic E-state index is 5.41. The van der Waals surface area contributed by atoms with Crippen molar-refractivity contribution in [2.75, 3.05) is 60.5 Å². The molecule has 7 nitrogen and oxygen atoms in total. The number of rotatable bonds is 8. The van der Waals surface area contributed by atoms with Gasteiger partial charge in [-0.3, -0.25) is 9.89 Å². The van der Waals surface area contributed by atoms with Gasteiger partial charge in [-0.2, -0.15) is 0 Å². The molecule has 1 unspecified atom stereocenters. The molecule has 0 saturated carbocycles. The van der Waals surface area contributed by atoms with Gasteiger partial charge in [0.25, 0.3) is 0 Å². The Morgan fingerprint density at radius 1 is 1.06 bits per heavy atom. The molecule has 8 heteroatoms. The number of aliphatic imine (C=N–C) groups is 1. The van der Waals surface area contributed by atoms with Crippen LogP contribution in [0.1, 0.15) is 31.7 Å². The number of halogens is 1. The molecule has 3 rings (SSSR count). The van der Waals surface area contributed by atoms with Crippen LogP contribution in [0.2, 0.25) is 0 Å². The fourth-order valence-corrected chi connectivity index (χ4v) is 4.29. The summed E-state index contributed by atoms with van der Waals surface area (Å²) in [4.78, 5) is 9.79. The first-order valence-corrected chi connectivity index (χ1v) is 11.3. The minimum atomic E-state index is 0. The van der Waals surface area contributed by atoms with Crippen LogP contribution in [0.15, 0.2) is 23.2 Å². The summed E-state index contributed by atoms with van der Waals surface area (Å²) in [7, 11) is 5.60. The average molecular weight is 546 g/mol. The Labute approximate surface area is 205 Å². The summed E-state index contributed by atoms with van der Waals surface area (Å²) >= 11 is 0. The van der Waals surface area contributed by atoms with E-state index in [4.69, 9.17) is 14.5 Å². The van der Waals surface area contributed by atoms with Crippen LogP contribution in [-0.4, -0.2) is 82.3 Å². The Morgan fingerprint density at radius 3 is 2.35 bits per heavy atom. The first-order valence-electron chi connectivity index (χ1n) is 11.3. The minimum Gasteiger partial charge on any atom is -0.497 e. The number of guanidine groups is 1. The Hall–Kier alpha value is -1.26. The van der Waals surface area contributed by atoms with Crippen molar-refractivity contribution >= 4 is 29.9 Å². The van der Waals surface area contributed by atoms with Crippen LogP contribution in [0.3, 0.4) is 0 Å². The second-order valence-corrected chi connectivity index (χ2v) is 8.55. The lowest BCUT2D eigenvalue weighted by molar-refractivity contribution is 0.223. The van der Waals surface area contributed by atoms with E-state index in [9.17, 15) is 0 Å². The first-order chi connectivity index (χ1) is 14.6. The fraction of sp³-hybridized carbons (Fsp3) is 0.696. The van der Waals surface area contributed by atoms with Crippen molar-refractivity contribution in [3.63, 3.8) is 0 Å². The van der Waals surface area contributed by atoms with Crippen molar-refractivity contribution in [1.29, 1.82) is 0 Å². The van der Waals surface area contributed by atoms with Gasteiger partial charge in [-0.15, -0.1) is 24.0 Å². The summed E-state index contributed by atoms with van der Waals surface area (Å²) in [5.41, 5.74) is 1.22. The molecule has 2 aliphatic heterocycles. The number of piperidine rings is 1. The zero-order valence-corrected chi connectivity index (χ0v) is 21.9. The summed E-state index contributed by atoms with van der Waals surface area (Å²) in [6.07, 6.45) is 3.63. The van der Waals surface area contributed by atoms with Gasteiger partial charge in [0.2, 0.25) is 0 Å². The predicted molar refractivity (Wildman–Crippen MR) is 138 cm³/mol. The van der Waals surface area contributed by atoms with E-state index in [1.54, 1.807) is 14.2 Å². The van der Waals surface area contributed by atoms with Crippen LogP contribution >= 0.6 is 24.0 Å². The van der Waals surface area contributed by atoms with Crippen molar-refractivity contribution in [3.05, 3.63) is 23.8 Å². The second kappa shape index (κ2) is 13.3. The molecule has 2 saturated heterocycles. The van der Waals surface area contributed by atoms with Crippen molar-refractivity contribution in [3.8, 4) is 11.5 Å². The predicted octanol–water partition coefficient (Wildman–Crippen LogP) is 2.79. The number of methoxy groups -OCH3 is 2. The number of nitrogens with zero attached hydrogens (tertiary/aromatic N) is 3. The van der Waals surface area contributed by atoms with Gasteiger partial charge >= 0.3 is 0 Å². The molecule has 2 heterocycles. The van der Waals surface area contributed by atoms with Gasteiger partial charge in [0, 0.05) is 44.8 Å². The Bertz CT molecular complexity index is 672. The molecular weight excluding hydrogens is 505 g/mol. The lowest BCUT2D eigenvalue weighted by atomic mass is 9.97. The summed E-state index contributed by atoms with van der Waals surface area (Å²) < 4.78 is 10.8. The van der Waals surface area contributed by atoms with E-state index in [1.807, 2.05) is 6.07 Å². The first kappa shape index (κ1) is 26.0. The summed E-state index contributed by atoms with van der Waals surface area (Å²) in [5.74, 6) is 3.36. The highest BCUT2D eigenvalue weighted by atomic mass is 127. The van der Waals surface area contributed by atoms with Crippen molar-refractivity contribution in [2.24, 2.45) is 10.9 Å². The number of likely N-dealkylation sites (tertiary alicyclic amines) is 2. The van der Waals surface area contributed by atoms with Gasteiger partial charge in [0.1, 0.15) is 11.5 Å². The van der Waals surface area contributed by atoms with Crippen molar-refractivity contribution < 1.29 is 9.47 Å². The molecule has 0 spiro atoms. The summed E-state index contributed by atoms with van der Waals surface area (Å²) in [6, 6.07) is 6.53. The van der Waals surface area contributed by atoms with Crippen LogP contribution in [-0.2, 0) is 6.54 Å². The maximum atomic E-state index is 5.41. The summed E-state index contributed by atoms with van der Waals surface area (Å²) in [6.45, 7) is 9.30. The molecule has 0 aromatic heterocycles. The molecule has 176 valence electrons. The fourth-order valence-electron chi connectivity index (χ4n) is 4.29. The SMILES string of the molecule is CCNC(=NCC1CCN(C)CC1)NC1CCN(Cc2cc(OC)cc(OC)c2)C1.I. The Kier molecular flexibility index (Phi) is 11.2. The quantitative estimate of drug-likeness (QED) is 0.298. The number of hydrogen-bond donors (Lipinski definition) is 2. The van der Waals surface area contributed by atoms with E-state index in [0.717, 1.165) is 56.6 Å². The lowest BCUT2D eigenvalue weighted by Crippen LogP contribution is -2.45. The van der Waals surface area contributed by atoms with E-state index < -0.39 is 0 Å². The van der Waals surface area contributed by atoms with E-state index in [1.165, 1.54) is 31.5 Å². The molecular formula is C23H40IN5O2. The highest BCUT2D eigenvalue weighted by Gasteiger charge is 2.24. The zero-order valence-electron chi connectivity index (χ0n) is 19.5. The van der Waals surface area contributed by atoms with Gasteiger partial charge in [0.15, 0.2) is 5.96 Å². The third-order valence-corrected chi connectivity index (χ3v) is 6.12. The number of benzene rings is 1. The monoisotopic (exact) mass is 545 g/mol. The Balaban J connectivity index is 0.00000341. The average Bonchev–Trinajstić information content (AvgIpc) is 3.19. The van der Waals surface area contributed by atoms with Crippen LogP contribution in [0, 0.1) is 5.92 Å². The number of nitrogens with one attached hydrogen (secondary N) is 2. The molecule has 0 radical (unpaired) electrons. The standard InChI is InChI=1S/C23H39N5O2.HI/c1-5-24-23(25-15-18-6-9-27(2)10-7-18)26-20-8-11-28(17-20)16-19-12-21(29-3)14-22(13-19)30-4;/h12-14,18,20H,5-11,15-17H2,1-4H3,(H2,24,25,26);1H. The molecule has 1 atom stereocenters. The normalized spacial score (nSPS) is 20.9. The van der Waals surface area contributed by atoms with Gasteiger partial charge in [0.05, 0.1) is 14.2 Å². The molecule has 0 amide bonds. The van der Waals surface area contributed by atoms with Crippen LogP contribution in [0.5, 0.6) is 11.5 Å². The van der Waals surface area contributed by atoms with E-state index >= 15 is 0 Å².